The van der Waals surface area contributed by atoms with Gasteiger partial charge in [-0.25, -0.2) is 4.98 Å². The minimum absolute atomic E-state index is 0.0502. The SMILES string of the molecule is COc1ccc2c(c1)N(c1cccnc1Oc1ccccc1C(C)(C)C)C(N)S2. The summed E-state index contributed by atoms with van der Waals surface area (Å²) < 4.78 is 11.8. The Hall–Kier alpha value is -2.70. The number of aromatic nitrogens is 1. The van der Waals surface area contributed by atoms with Crippen LogP contribution >= 0.6 is 11.8 Å². The first-order valence-electron chi connectivity index (χ1n) is 9.50. The molecule has 29 heavy (non-hydrogen) atoms. The molecule has 1 aromatic heterocycles. The third kappa shape index (κ3) is 3.78. The van der Waals surface area contributed by atoms with E-state index < -0.39 is 0 Å². The molecule has 2 heterocycles. The molecule has 5 nitrogen and oxygen atoms in total. The van der Waals surface area contributed by atoms with E-state index in [9.17, 15) is 0 Å². The molecule has 4 rings (SSSR count). The van der Waals surface area contributed by atoms with Gasteiger partial charge in [-0.1, -0.05) is 50.7 Å². The fraction of sp³-hybridized carbons (Fsp3) is 0.261. The van der Waals surface area contributed by atoms with Crippen LogP contribution in [-0.4, -0.2) is 17.6 Å². The lowest BCUT2D eigenvalue weighted by Crippen LogP contribution is -2.32. The molecule has 2 aromatic carbocycles. The van der Waals surface area contributed by atoms with E-state index in [2.05, 4.69) is 31.8 Å². The molecule has 0 radical (unpaired) electrons. The predicted octanol–water partition coefficient (Wildman–Crippen LogP) is 5.67. The smallest absolute Gasteiger partial charge is 0.243 e. The minimum atomic E-state index is -0.276. The summed E-state index contributed by atoms with van der Waals surface area (Å²) in [5, 5.41) is 0. The van der Waals surface area contributed by atoms with Gasteiger partial charge in [-0.15, -0.1) is 0 Å². The standard InChI is InChI=1S/C23H25N3O2S/c1-23(2,3)16-8-5-6-10-19(16)28-21-17(9-7-13-25-21)26-18-14-15(27-4)11-12-20(18)29-22(26)24/h5-14,22H,24H2,1-4H3. The van der Waals surface area contributed by atoms with Gasteiger partial charge in [0, 0.05) is 22.7 Å². The van der Waals surface area contributed by atoms with E-state index in [-0.39, 0.29) is 10.9 Å². The van der Waals surface area contributed by atoms with Crippen LogP contribution in [0.15, 0.2) is 65.7 Å². The van der Waals surface area contributed by atoms with E-state index in [0.29, 0.717) is 5.88 Å². The summed E-state index contributed by atoms with van der Waals surface area (Å²) in [6.07, 6.45) is 1.74. The maximum atomic E-state index is 6.48. The molecule has 0 fully saturated rings. The second kappa shape index (κ2) is 7.61. The highest BCUT2D eigenvalue weighted by atomic mass is 32.2. The Labute approximate surface area is 175 Å². The molecule has 0 spiro atoms. The lowest BCUT2D eigenvalue weighted by atomic mass is 9.86. The van der Waals surface area contributed by atoms with Crippen LogP contribution in [0, 0.1) is 0 Å². The average molecular weight is 408 g/mol. The first kappa shape index (κ1) is 19.6. The second-order valence-corrected chi connectivity index (χ2v) is 9.05. The van der Waals surface area contributed by atoms with Crippen molar-refractivity contribution in [3.8, 4) is 17.4 Å². The number of rotatable bonds is 4. The number of pyridine rings is 1. The van der Waals surface area contributed by atoms with E-state index in [1.165, 1.54) is 0 Å². The predicted molar refractivity (Wildman–Crippen MR) is 118 cm³/mol. The summed E-state index contributed by atoms with van der Waals surface area (Å²) in [4.78, 5) is 7.68. The maximum Gasteiger partial charge on any atom is 0.243 e. The first-order chi connectivity index (χ1) is 13.9. The molecule has 2 N–H and O–H groups in total. The van der Waals surface area contributed by atoms with Crippen LogP contribution in [-0.2, 0) is 5.41 Å². The minimum Gasteiger partial charge on any atom is -0.497 e. The Bertz CT molecular complexity index is 1030. The normalized spacial score (nSPS) is 15.9. The van der Waals surface area contributed by atoms with Crippen molar-refractivity contribution in [2.45, 2.75) is 36.6 Å². The van der Waals surface area contributed by atoms with Crippen LogP contribution in [0.25, 0.3) is 0 Å². The number of thioether (sulfide) groups is 1. The molecule has 1 unspecified atom stereocenters. The molecule has 3 aromatic rings. The van der Waals surface area contributed by atoms with Gasteiger partial charge in [-0.2, -0.15) is 0 Å². The summed E-state index contributed by atoms with van der Waals surface area (Å²) >= 11 is 1.60. The van der Waals surface area contributed by atoms with Gasteiger partial charge in [-0.05, 0) is 35.7 Å². The average Bonchev–Trinajstić information content (AvgIpc) is 3.02. The van der Waals surface area contributed by atoms with Gasteiger partial charge in [0.15, 0.2) is 0 Å². The van der Waals surface area contributed by atoms with Crippen molar-refractivity contribution in [1.29, 1.82) is 0 Å². The van der Waals surface area contributed by atoms with Gasteiger partial charge in [0.25, 0.3) is 0 Å². The molecule has 1 aliphatic heterocycles. The van der Waals surface area contributed by atoms with Gasteiger partial charge < -0.3 is 20.1 Å². The van der Waals surface area contributed by atoms with E-state index in [4.69, 9.17) is 15.2 Å². The lowest BCUT2D eigenvalue weighted by Gasteiger charge is -2.27. The summed E-state index contributed by atoms with van der Waals surface area (Å²) in [6, 6.07) is 17.9. The number of hydrogen-bond acceptors (Lipinski definition) is 6. The van der Waals surface area contributed by atoms with Crippen molar-refractivity contribution in [2.75, 3.05) is 12.0 Å². The van der Waals surface area contributed by atoms with Gasteiger partial charge in [-0.3, -0.25) is 0 Å². The summed E-state index contributed by atoms with van der Waals surface area (Å²) in [5.41, 5.74) is 9.09. The van der Waals surface area contributed by atoms with Crippen molar-refractivity contribution in [1.82, 2.24) is 4.98 Å². The number of nitrogens with two attached hydrogens (primary N) is 1. The number of hydrogen-bond donors (Lipinski definition) is 1. The van der Waals surface area contributed by atoms with Crippen molar-refractivity contribution in [2.24, 2.45) is 5.73 Å². The van der Waals surface area contributed by atoms with Crippen LogP contribution in [0.3, 0.4) is 0 Å². The number of para-hydroxylation sites is 1. The topological polar surface area (TPSA) is 60.6 Å². The number of ether oxygens (including phenoxy) is 2. The molecule has 1 atom stereocenters. The van der Waals surface area contributed by atoms with Crippen molar-refractivity contribution >= 4 is 23.1 Å². The highest BCUT2D eigenvalue weighted by Gasteiger charge is 2.32. The number of anilines is 2. The van der Waals surface area contributed by atoms with Crippen LogP contribution in [0.4, 0.5) is 11.4 Å². The highest BCUT2D eigenvalue weighted by Crippen LogP contribution is 2.49. The van der Waals surface area contributed by atoms with Crippen LogP contribution < -0.4 is 20.1 Å². The number of nitrogens with zero attached hydrogens (tertiary/aromatic N) is 2. The fourth-order valence-electron chi connectivity index (χ4n) is 3.42. The third-order valence-electron chi connectivity index (χ3n) is 4.84. The van der Waals surface area contributed by atoms with Crippen LogP contribution in [0.2, 0.25) is 0 Å². The quantitative estimate of drug-likeness (QED) is 0.602. The lowest BCUT2D eigenvalue weighted by molar-refractivity contribution is 0.414. The van der Waals surface area contributed by atoms with Crippen molar-refractivity contribution < 1.29 is 9.47 Å². The van der Waals surface area contributed by atoms with Gasteiger partial charge in [0.1, 0.15) is 22.7 Å². The number of benzene rings is 2. The van der Waals surface area contributed by atoms with Gasteiger partial charge in [0.2, 0.25) is 5.88 Å². The van der Waals surface area contributed by atoms with Gasteiger partial charge >= 0.3 is 0 Å². The zero-order valence-corrected chi connectivity index (χ0v) is 17.9. The molecule has 0 bridgehead atoms. The van der Waals surface area contributed by atoms with Crippen molar-refractivity contribution in [3.63, 3.8) is 0 Å². The molecule has 6 heteroatoms. The Morgan fingerprint density at radius 1 is 1.03 bits per heavy atom. The Morgan fingerprint density at radius 2 is 1.83 bits per heavy atom. The van der Waals surface area contributed by atoms with Crippen LogP contribution in [0.5, 0.6) is 17.4 Å². The first-order valence-corrected chi connectivity index (χ1v) is 10.4. The molecule has 1 aliphatic rings. The van der Waals surface area contributed by atoms with E-state index in [1.54, 1.807) is 25.1 Å². The molecular weight excluding hydrogens is 382 g/mol. The molecule has 150 valence electrons. The van der Waals surface area contributed by atoms with Crippen molar-refractivity contribution in [3.05, 3.63) is 66.4 Å². The molecule has 0 aliphatic carbocycles. The molecular formula is C23H25N3O2S. The van der Waals surface area contributed by atoms with Gasteiger partial charge in [0.05, 0.1) is 12.8 Å². The Morgan fingerprint density at radius 3 is 2.59 bits per heavy atom. The maximum absolute atomic E-state index is 6.48. The van der Waals surface area contributed by atoms with Crippen LogP contribution in [0.1, 0.15) is 26.3 Å². The zero-order chi connectivity index (χ0) is 20.6. The fourth-order valence-corrected chi connectivity index (χ4v) is 4.44. The summed E-state index contributed by atoms with van der Waals surface area (Å²) in [5.74, 6) is 2.11. The summed E-state index contributed by atoms with van der Waals surface area (Å²) in [7, 11) is 1.66. The summed E-state index contributed by atoms with van der Waals surface area (Å²) in [6.45, 7) is 6.51. The largest absolute Gasteiger partial charge is 0.497 e. The van der Waals surface area contributed by atoms with E-state index >= 15 is 0 Å². The molecule has 0 saturated carbocycles. The molecule has 0 amide bonds. The zero-order valence-electron chi connectivity index (χ0n) is 17.0. The van der Waals surface area contributed by atoms with E-state index in [0.717, 1.165) is 33.3 Å². The van der Waals surface area contributed by atoms with E-state index in [1.807, 2.05) is 53.4 Å². The number of fused-ring (bicyclic) bond motifs is 1. The molecule has 0 saturated heterocycles. The third-order valence-corrected chi connectivity index (χ3v) is 5.89. The number of methoxy groups -OCH3 is 1. The highest BCUT2D eigenvalue weighted by molar-refractivity contribution is 8.00. The monoisotopic (exact) mass is 407 g/mol. The Kier molecular flexibility index (Phi) is 5.15. The second-order valence-electron chi connectivity index (χ2n) is 7.89. The Balaban J connectivity index is 1.77.